The highest BCUT2D eigenvalue weighted by Gasteiger charge is 2.37. The fourth-order valence-corrected chi connectivity index (χ4v) is 3.75. The molecule has 6 nitrogen and oxygen atoms in total. The number of allylic oxidation sites excluding steroid dienone is 2. The summed E-state index contributed by atoms with van der Waals surface area (Å²) in [5.74, 6) is 0.938. The predicted octanol–water partition coefficient (Wildman–Crippen LogP) is 3.48. The Balaban J connectivity index is 1.46. The highest BCUT2D eigenvalue weighted by Crippen LogP contribution is 2.46. The third-order valence-electron chi connectivity index (χ3n) is 5.22. The molecule has 0 unspecified atom stereocenters. The van der Waals surface area contributed by atoms with Crippen molar-refractivity contribution >= 4 is 17.8 Å². The molecule has 0 bridgehead atoms. The molecule has 2 aromatic carbocycles. The van der Waals surface area contributed by atoms with E-state index in [1.807, 2.05) is 19.2 Å². The molecule has 2 aromatic rings. The summed E-state index contributed by atoms with van der Waals surface area (Å²) in [5, 5.41) is 4.09. The van der Waals surface area contributed by atoms with Crippen molar-refractivity contribution in [3.05, 3.63) is 65.4 Å². The highest BCUT2D eigenvalue weighted by atomic mass is 16.6. The molecular weight excluding hydrogens is 354 g/mol. The number of hydrogen-bond donors (Lipinski definition) is 1. The molecule has 0 radical (unpaired) electrons. The molecule has 6 heteroatoms. The summed E-state index contributed by atoms with van der Waals surface area (Å²) in [6.07, 6.45) is 3.56. The van der Waals surface area contributed by atoms with Gasteiger partial charge in [0.2, 0.25) is 0 Å². The molecule has 0 saturated carbocycles. The van der Waals surface area contributed by atoms with E-state index in [4.69, 9.17) is 9.47 Å². The molecule has 2 aliphatic rings. The second kappa shape index (κ2) is 7.03. The van der Waals surface area contributed by atoms with Gasteiger partial charge in [0, 0.05) is 35.6 Å². The first-order chi connectivity index (χ1) is 13.5. The van der Waals surface area contributed by atoms with Crippen LogP contribution in [0.3, 0.4) is 0 Å². The summed E-state index contributed by atoms with van der Waals surface area (Å²) in [7, 11) is 2.04. The number of fused-ring (bicyclic) bond motifs is 2. The first-order valence-corrected chi connectivity index (χ1v) is 9.25. The Kier molecular flexibility index (Phi) is 4.55. The standard InChI is InChI=1S/C22H23N3O3/c1-22(2)16-6-4-5-7-17(16)25(3)20(22)10-11-23-24-21(26)15-8-9-18-19(14-15)28-13-12-27-18/h4-11,14H,12-13H2,1-3H3,(H,24,26)/b20-10-,23-11?. The molecule has 1 N–H and O–H groups in total. The minimum absolute atomic E-state index is 0.128. The number of amides is 1. The number of carbonyl (C=O) groups excluding carboxylic acids is 1. The lowest BCUT2D eigenvalue weighted by molar-refractivity contribution is 0.0954. The Morgan fingerprint density at radius 3 is 2.68 bits per heavy atom. The van der Waals surface area contributed by atoms with Gasteiger partial charge < -0.3 is 14.4 Å². The number of hydrazone groups is 1. The van der Waals surface area contributed by atoms with Crippen molar-refractivity contribution in [1.82, 2.24) is 5.43 Å². The van der Waals surface area contributed by atoms with Gasteiger partial charge in [-0.25, -0.2) is 5.43 Å². The van der Waals surface area contributed by atoms with E-state index in [-0.39, 0.29) is 11.3 Å². The largest absolute Gasteiger partial charge is 0.486 e. The zero-order valence-corrected chi connectivity index (χ0v) is 16.2. The smallest absolute Gasteiger partial charge is 0.271 e. The van der Waals surface area contributed by atoms with Gasteiger partial charge in [-0.15, -0.1) is 0 Å². The van der Waals surface area contributed by atoms with Gasteiger partial charge in [0.1, 0.15) is 13.2 Å². The molecule has 0 aliphatic carbocycles. The van der Waals surface area contributed by atoms with Crippen molar-refractivity contribution in [2.24, 2.45) is 5.10 Å². The van der Waals surface area contributed by atoms with E-state index >= 15 is 0 Å². The van der Waals surface area contributed by atoms with Crippen LogP contribution in [0.2, 0.25) is 0 Å². The lowest BCUT2D eigenvalue weighted by Gasteiger charge is -2.23. The third-order valence-corrected chi connectivity index (χ3v) is 5.22. The number of rotatable bonds is 3. The number of para-hydroxylation sites is 1. The lowest BCUT2D eigenvalue weighted by atomic mass is 9.84. The minimum atomic E-state index is -0.297. The van der Waals surface area contributed by atoms with Crippen LogP contribution in [0, 0.1) is 0 Å². The molecule has 28 heavy (non-hydrogen) atoms. The van der Waals surface area contributed by atoms with Gasteiger partial charge in [-0.2, -0.15) is 5.10 Å². The Labute approximate surface area is 164 Å². The van der Waals surface area contributed by atoms with E-state index in [9.17, 15) is 4.79 Å². The van der Waals surface area contributed by atoms with Gasteiger partial charge in [0.25, 0.3) is 5.91 Å². The van der Waals surface area contributed by atoms with Crippen molar-refractivity contribution in [3.8, 4) is 11.5 Å². The summed E-state index contributed by atoms with van der Waals surface area (Å²) >= 11 is 0. The number of ether oxygens (including phenoxy) is 2. The normalized spacial score (nSPS) is 18.4. The van der Waals surface area contributed by atoms with Crippen LogP contribution in [0.15, 0.2) is 59.3 Å². The number of hydrogen-bond acceptors (Lipinski definition) is 5. The molecule has 2 aliphatic heterocycles. The molecule has 144 valence electrons. The van der Waals surface area contributed by atoms with Gasteiger partial charge in [0.05, 0.1) is 0 Å². The van der Waals surface area contributed by atoms with Crippen molar-refractivity contribution in [1.29, 1.82) is 0 Å². The number of anilines is 1. The van der Waals surface area contributed by atoms with E-state index in [0.717, 1.165) is 5.70 Å². The van der Waals surface area contributed by atoms with Crippen molar-refractivity contribution in [2.45, 2.75) is 19.3 Å². The maximum Gasteiger partial charge on any atom is 0.271 e. The average molecular weight is 377 g/mol. The Bertz CT molecular complexity index is 979. The van der Waals surface area contributed by atoms with E-state index < -0.39 is 0 Å². The number of carbonyl (C=O) groups is 1. The predicted molar refractivity (Wildman–Crippen MR) is 109 cm³/mol. The van der Waals surface area contributed by atoms with Crippen molar-refractivity contribution in [2.75, 3.05) is 25.2 Å². The van der Waals surface area contributed by atoms with E-state index in [1.54, 1.807) is 24.4 Å². The first-order valence-electron chi connectivity index (χ1n) is 9.25. The average Bonchev–Trinajstić information content (AvgIpc) is 2.91. The topological polar surface area (TPSA) is 63.2 Å². The molecule has 0 atom stereocenters. The number of likely N-dealkylation sites (N-methyl/N-ethyl adjacent to an activating group) is 1. The number of nitrogens with one attached hydrogen (secondary N) is 1. The molecule has 1 amide bonds. The zero-order valence-electron chi connectivity index (χ0n) is 16.2. The monoisotopic (exact) mass is 377 g/mol. The Morgan fingerprint density at radius 1 is 1.14 bits per heavy atom. The maximum atomic E-state index is 12.3. The van der Waals surface area contributed by atoms with Crippen molar-refractivity contribution < 1.29 is 14.3 Å². The fraction of sp³-hybridized carbons (Fsp3) is 0.273. The van der Waals surface area contributed by atoms with Crippen LogP contribution < -0.4 is 19.8 Å². The lowest BCUT2D eigenvalue weighted by Crippen LogP contribution is -2.23. The Hall–Kier alpha value is -3.28. The summed E-state index contributed by atoms with van der Waals surface area (Å²) in [6.45, 7) is 5.37. The van der Waals surface area contributed by atoms with E-state index in [2.05, 4.69) is 47.5 Å². The van der Waals surface area contributed by atoms with Crippen LogP contribution in [-0.2, 0) is 5.41 Å². The number of nitrogens with zero attached hydrogens (tertiary/aromatic N) is 2. The van der Waals surface area contributed by atoms with Crippen LogP contribution in [0.4, 0.5) is 5.69 Å². The molecule has 0 fully saturated rings. The zero-order chi connectivity index (χ0) is 19.7. The third kappa shape index (κ3) is 3.11. The van der Waals surface area contributed by atoms with Crippen LogP contribution in [0.25, 0.3) is 0 Å². The molecule has 0 aromatic heterocycles. The van der Waals surface area contributed by atoms with Crippen LogP contribution in [0.5, 0.6) is 11.5 Å². The van der Waals surface area contributed by atoms with Gasteiger partial charge in [0.15, 0.2) is 11.5 Å². The molecule has 2 heterocycles. The second-order valence-corrected chi connectivity index (χ2v) is 7.33. The van der Waals surface area contributed by atoms with Gasteiger partial charge in [-0.05, 0) is 35.9 Å². The van der Waals surface area contributed by atoms with Crippen LogP contribution >= 0.6 is 0 Å². The van der Waals surface area contributed by atoms with Gasteiger partial charge in [-0.3, -0.25) is 4.79 Å². The summed E-state index contributed by atoms with van der Waals surface area (Å²) in [4.78, 5) is 14.5. The fourth-order valence-electron chi connectivity index (χ4n) is 3.75. The molecule has 4 rings (SSSR count). The maximum absolute atomic E-state index is 12.3. The van der Waals surface area contributed by atoms with Gasteiger partial charge >= 0.3 is 0 Å². The van der Waals surface area contributed by atoms with Crippen molar-refractivity contribution in [3.63, 3.8) is 0 Å². The first kappa shape index (κ1) is 18.1. The summed E-state index contributed by atoms with van der Waals surface area (Å²) in [5.41, 5.74) is 6.49. The van der Waals surface area contributed by atoms with Gasteiger partial charge in [-0.1, -0.05) is 32.0 Å². The SMILES string of the molecule is CN1/C(=C\C=NNC(=O)c2ccc3c(c2)OCCO3)C(C)(C)c2ccccc21. The quantitative estimate of drug-likeness (QED) is 0.657. The second-order valence-electron chi connectivity index (χ2n) is 7.33. The minimum Gasteiger partial charge on any atom is -0.486 e. The van der Waals surface area contributed by atoms with E-state index in [0.29, 0.717) is 30.3 Å². The van der Waals surface area contributed by atoms with Crippen LogP contribution in [0.1, 0.15) is 29.8 Å². The highest BCUT2D eigenvalue weighted by molar-refractivity contribution is 5.95. The molecule has 0 spiro atoms. The number of benzene rings is 2. The summed E-state index contributed by atoms with van der Waals surface area (Å²) < 4.78 is 11.0. The Morgan fingerprint density at radius 2 is 1.89 bits per heavy atom. The molecule has 0 saturated heterocycles. The van der Waals surface area contributed by atoms with Crippen LogP contribution in [-0.4, -0.2) is 32.4 Å². The summed E-state index contributed by atoms with van der Waals surface area (Å²) in [6, 6.07) is 13.5. The van der Waals surface area contributed by atoms with E-state index in [1.165, 1.54) is 11.3 Å². The molecular formula is C22H23N3O3.